The summed E-state index contributed by atoms with van der Waals surface area (Å²) in [5.41, 5.74) is 0. The molecule has 134 valence electrons. The van der Waals surface area contributed by atoms with Crippen LogP contribution in [-0.2, 0) is 4.74 Å². The van der Waals surface area contributed by atoms with Crippen LogP contribution in [-0.4, -0.2) is 53.7 Å². The van der Waals surface area contributed by atoms with Crippen molar-refractivity contribution in [1.29, 1.82) is 0 Å². The van der Waals surface area contributed by atoms with E-state index in [1.54, 1.807) is 25.0 Å². The Balaban J connectivity index is 1.70. The number of aryl methyl sites for hydroxylation is 1. The monoisotopic (exact) mass is 364 g/mol. The van der Waals surface area contributed by atoms with Crippen LogP contribution in [0.1, 0.15) is 50.0 Å². The lowest BCUT2D eigenvalue weighted by Gasteiger charge is -2.22. The highest BCUT2D eigenvalue weighted by molar-refractivity contribution is 7.14. The van der Waals surface area contributed by atoms with Gasteiger partial charge in [0.15, 0.2) is 0 Å². The summed E-state index contributed by atoms with van der Waals surface area (Å²) in [6.07, 6.45) is 1.75. The third kappa shape index (κ3) is 3.88. The molecule has 1 atom stereocenters. The number of rotatable bonds is 6. The smallest absolute Gasteiger partial charge is 0.311 e. The van der Waals surface area contributed by atoms with Crippen molar-refractivity contribution in [1.82, 2.24) is 20.4 Å². The number of aromatic nitrogens is 2. The molecule has 9 heteroatoms. The van der Waals surface area contributed by atoms with E-state index in [1.165, 1.54) is 11.3 Å². The second-order valence-electron chi connectivity index (χ2n) is 5.73. The van der Waals surface area contributed by atoms with Crippen LogP contribution in [0.2, 0.25) is 0 Å². The Morgan fingerprint density at radius 2 is 2.28 bits per heavy atom. The highest BCUT2D eigenvalue weighted by Crippen LogP contribution is 2.36. The molecule has 3 heterocycles. The number of carbonyl (C=O) groups is 2. The first kappa shape index (κ1) is 17.6. The van der Waals surface area contributed by atoms with Crippen LogP contribution in [0.25, 0.3) is 0 Å². The molecule has 1 saturated heterocycles. The number of hydrogen-bond acceptors (Lipinski definition) is 7. The highest BCUT2D eigenvalue weighted by atomic mass is 32.1. The Morgan fingerprint density at radius 3 is 3.00 bits per heavy atom. The highest BCUT2D eigenvalue weighted by Gasteiger charge is 2.34. The molecule has 0 aromatic carbocycles. The molecule has 0 radical (unpaired) electrons. The third-order valence-corrected chi connectivity index (χ3v) is 5.18. The van der Waals surface area contributed by atoms with Gasteiger partial charge in [-0.2, -0.15) is 0 Å². The number of ether oxygens (including phenoxy) is 1. The number of thiophene rings is 1. The largest absolute Gasteiger partial charge is 0.417 e. The van der Waals surface area contributed by atoms with Gasteiger partial charge < -0.3 is 19.4 Å². The standard InChI is InChI=1S/C16H20N4O4S/c1-10-18-19-15(24-10)16(22)20-8-3-4-11(20)12-5-6-13(25-12)14(21)17-7-9-23-2/h5-6,11H,3-4,7-9H2,1-2H3,(H,17,21)/t11-/m0/s1. The Hall–Kier alpha value is -2.26. The molecule has 2 aromatic heterocycles. The number of likely N-dealkylation sites (tertiary alicyclic amines) is 1. The van der Waals surface area contributed by atoms with Gasteiger partial charge in [-0.15, -0.1) is 21.5 Å². The van der Waals surface area contributed by atoms with Crippen LogP contribution < -0.4 is 5.32 Å². The van der Waals surface area contributed by atoms with Gasteiger partial charge >= 0.3 is 11.8 Å². The first-order valence-electron chi connectivity index (χ1n) is 8.08. The number of amides is 2. The van der Waals surface area contributed by atoms with Crippen molar-refractivity contribution in [2.24, 2.45) is 0 Å². The third-order valence-electron chi connectivity index (χ3n) is 3.99. The van der Waals surface area contributed by atoms with Crippen LogP contribution in [0, 0.1) is 6.92 Å². The number of hydrogen-bond donors (Lipinski definition) is 1. The Morgan fingerprint density at radius 1 is 1.44 bits per heavy atom. The average molecular weight is 364 g/mol. The van der Waals surface area contributed by atoms with E-state index in [9.17, 15) is 9.59 Å². The lowest BCUT2D eigenvalue weighted by Crippen LogP contribution is -2.30. The minimum atomic E-state index is -0.261. The van der Waals surface area contributed by atoms with Crippen LogP contribution in [0.3, 0.4) is 0 Å². The molecule has 3 rings (SSSR count). The first-order valence-corrected chi connectivity index (χ1v) is 8.89. The molecule has 2 amide bonds. The summed E-state index contributed by atoms with van der Waals surface area (Å²) in [7, 11) is 1.59. The molecule has 25 heavy (non-hydrogen) atoms. The second-order valence-corrected chi connectivity index (χ2v) is 6.85. The molecular formula is C16H20N4O4S. The van der Waals surface area contributed by atoms with Crippen LogP contribution >= 0.6 is 11.3 Å². The summed E-state index contributed by atoms with van der Waals surface area (Å²) in [6.45, 7) is 3.22. The molecule has 1 fully saturated rings. The predicted octanol–water partition coefficient (Wildman–Crippen LogP) is 1.79. The average Bonchev–Trinajstić information content (AvgIpc) is 3.33. The van der Waals surface area contributed by atoms with E-state index < -0.39 is 0 Å². The summed E-state index contributed by atoms with van der Waals surface area (Å²) in [4.78, 5) is 28.1. The molecule has 0 saturated carbocycles. The van der Waals surface area contributed by atoms with Crippen molar-refractivity contribution in [3.63, 3.8) is 0 Å². The molecule has 1 N–H and O–H groups in total. The van der Waals surface area contributed by atoms with Gasteiger partial charge in [0.2, 0.25) is 5.89 Å². The molecule has 0 aliphatic carbocycles. The topological polar surface area (TPSA) is 97.6 Å². The van der Waals surface area contributed by atoms with E-state index in [0.717, 1.165) is 17.7 Å². The zero-order valence-corrected chi connectivity index (χ0v) is 15.0. The van der Waals surface area contributed by atoms with Crippen molar-refractivity contribution in [2.45, 2.75) is 25.8 Å². The summed E-state index contributed by atoms with van der Waals surface area (Å²) in [6, 6.07) is 3.63. The van der Waals surface area contributed by atoms with Crippen molar-refractivity contribution in [3.8, 4) is 0 Å². The maximum atomic E-state index is 12.6. The fourth-order valence-electron chi connectivity index (χ4n) is 2.82. The molecule has 0 bridgehead atoms. The van der Waals surface area contributed by atoms with Gasteiger partial charge in [0.25, 0.3) is 5.91 Å². The molecule has 0 unspecified atom stereocenters. The minimum absolute atomic E-state index is 0.0125. The Kier molecular flexibility index (Phi) is 5.44. The van der Waals surface area contributed by atoms with E-state index in [-0.39, 0.29) is 23.7 Å². The summed E-state index contributed by atoms with van der Waals surface area (Å²) < 4.78 is 10.2. The van der Waals surface area contributed by atoms with Gasteiger partial charge in [-0.1, -0.05) is 0 Å². The van der Waals surface area contributed by atoms with E-state index in [4.69, 9.17) is 9.15 Å². The predicted molar refractivity (Wildman–Crippen MR) is 90.6 cm³/mol. The number of nitrogens with zero attached hydrogens (tertiary/aromatic N) is 3. The zero-order chi connectivity index (χ0) is 17.8. The maximum absolute atomic E-state index is 12.6. The van der Waals surface area contributed by atoms with E-state index in [2.05, 4.69) is 15.5 Å². The van der Waals surface area contributed by atoms with Crippen molar-refractivity contribution < 1.29 is 18.7 Å². The van der Waals surface area contributed by atoms with Gasteiger partial charge in [-0.05, 0) is 25.0 Å². The van der Waals surface area contributed by atoms with Crippen LogP contribution in [0.4, 0.5) is 0 Å². The minimum Gasteiger partial charge on any atom is -0.417 e. The van der Waals surface area contributed by atoms with Gasteiger partial charge in [0.05, 0.1) is 17.5 Å². The van der Waals surface area contributed by atoms with E-state index in [0.29, 0.717) is 30.5 Å². The van der Waals surface area contributed by atoms with Crippen molar-refractivity contribution >= 4 is 23.2 Å². The maximum Gasteiger partial charge on any atom is 0.311 e. The quantitative estimate of drug-likeness (QED) is 0.785. The van der Waals surface area contributed by atoms with Gasteiger partial charge in [0, 0.05) is 32.0 Å². The zero-order valence-electron chi connectivity index (χ0n) is 14.2. The molecule has 1 aliphatic heterocycles. The molecular weight excluding hydrogens is 344 g/mol. The number of carbonyl (C=O) groups excluding carboxylic acids is 2. The van der Waals surface area contributed by atoms with E-state index in [1.807, 2.05) is 6.07 Å². The SMILES string of the molecule is COCCNC(=O)c1ccc([C@@H]2CCCN2C(=O)c2nnc(C)o2)s1. The Bertz CT molecular complexity index is 757. The molecule has 2 aromatic rings. The van der Waals surface area contributed by atoms with E-state index >= 15 is 0 Å². The van der Waals surface area contributed by atoms with Gasteiger partial charge in [-0.25, -0.2) is 0 Å². The Labute approximate surface area is 149 Å². The first-order chi connectivity index (χ1) is 12.1. The lowest BCUT2D eigenvalue weighted by atomic mass is 10.2. The van der Waals surface area contributed by atoms with Crippen LogP contribution in [0.15, 0.2) is 16.5 Å². The normalized spacial score (nSPS) is 17.0. The lowest BCUT2D eigenvalue weighted by molar-refractivity contribution is 0.0695. The fraction of sp³-hybridized carbons (Fsp3) is 0.500. The molecule has 8 nitrogen and oxygen atoms in total. The summed E-state index contributed by atoms with van der Waals surface area (Å²) >= 11 is 1.40. The van der Waals surface area contributed by atoms with Crippen molar-refractivity contribution in [2.75, 3.05) is 26.8 Å². The second kappa shape index (κ2) is 7.75. The van der Waals surface area contributed by atoms with Gasteiger partial charge in [-0.3, -0.25) is 9.59 Å². The summed E-state index contributed by atoms with van der Waals surface area (Å²) in [5, 5.41) is 10.3. The van der Waals surface area contributed by atoms with Crippen molar-refractivity contribution in [3.05, 3.63) is 33.7 Å². The molecule has 0 spiro atoms. The molecule has 1 aliphatic rings. The summed E-state index contributed by atoms with van der Waals surface area (Å²) in [5.74, 6) is -0.0111. The number of methoxy groups -OCH3 is 1. The fourth-order valence-corrected chi connectivity index (χ4v) is 3.89. The van der Waals surface area contributed by atoms with Crippen LogP contribution in [0.5, 0.6) is 0 Å². The number of nitrogens with one attached hydrogen (secondary N) is 1. The van der Waals surface area contributed by atoms with Gasteiger partial charge in [0.1, 0.15) is 0 Å².